The highest BCUT2D eigenvalue weighted by Gasteiger charge is 2.58. The molecule has 0 aromatic carbocycles. The van der Waals surface area contributed by atoms with Crippen LogP contribution in [-0.2, 0) is 11.3 Å². The van der Waals surface area contributed by atoms with Crippen LogP contribution in [0, 0.1) is 18.3 Å². The number of aryl methyl sites for hydroxylation is 1. The largest absolute Gasteiger partial charge is 0.342 e. The number of carbonyl (C=O) groups excluding carboxylic acids is 1. The van der Waals surface area contributed by atoms with Crippen molar-refractivity contribution in [1.29, 1.82) is 0 Å². The van der Waals surface area contributed by atoms with Crippen LogP contribution in [0.3, 0.4) is 0 Å². The number of hydrogen-bond donors (Lipinski definition) is 0. The maximum Gasteiger partial charge on any atom is 0.230 e. The Balaban J connectivity index is 1.43. The predicted molar refractivity (Wildman–Crippen MR) is 116 cm³/mol. The number of pyridine rings is 1. The Morgan fingerprint density at radius 2 is 2.10 bits per heavy atom. The van der Waals surface area contributed by atoms with Crippen molar-refractivity contribution in [2.45, 2.75) is 58.5 Å². The van der Waals surface area contributed by atoms with Gasteiger partial charge in [0.2, 0.25) is 5.91 Å². The summed E-state index contributed by atoms with van der Waals surface area (Å²) in [4.78, 5) is 27.8. The van der Waals surface area contributed by atoms with Crippen LogP contribution in [0.4, 0.5) is 0 Å². The van der Waals surface area contributed by atoms with Crippen LogP contribution in [0.25, 0.3) is 0 Å². The molecule has 6 nitrogen and oxygen atoms in total. The fourth-order valence-electron chi connectivity index (χ4n) is 5.35. The molecule has 1 spiro atoms. The molecule has 1 aliphatic carbocycles. The summed E-state index contributed by atoms with van der Waals surface area (Å²) in [6, 6.07) is 6.58. The van der Waals surface area contributed by atoms with E-state index in [0.29, 0.717) is 11.9 Å². The van der Waals surface area contributed by atoms with Crippen molar-refractivity contribution >= 4 is 5.91 Å². The summed E-state index contributed by atoms with van der Waals surface area (Å²) in [5.74, 6) is 1.24. The number of carbonyl (C=O) groups is 1. The van der Waals surface area contributed by atoms with Crippen LogP contribution in [0.15, 0.2) is 30.7 Å². The molecule has 3 aliphatic rings. The summed E-state index contributed by atoms with van der Waals surface area (Å²) in [6.45, 7) is 10.7. The smallest absolute Gasteiger partial charge is 0.230 e. The summed E-state index contributed by atoms with van der Waals surface area (Å²) in [7, 11) is 0. The third-order valence-corrected chi connectivity index (χ3v) is 7.24. The molecule has 0 bridgehead atoms. The SMILES string of the molecule is Cc1cccc(CN2C[C@H](c3cn(C(C)C)cn3)[C@]3(CCN(CC4CC4)C3=O)C2)n1. The van der Waals surface area contributed by atoms with E-state index in [-0.39, 0.29) is 11.3 Å². The van der Waals surface area contributed by atoms with Crippen molar-refractivity contribution in [2.75, 3.05) is 26.2 Å². The lowest BCUT2D eigenvalue weighted by atomic mass is 9.75. The van der Waals surface area contributed by atoms with Gasteiger partial charge >= 0.3 is 0 Å². The van der Waals surface area contributed by atoms with Crippen LogP contribution in [0.5, 0.6) is 0 Å². The fraction of sp³-hybridized carbons (Fsp3) is 0.625. The first-order chi connectivity index (χ1) is 14.4. The van der Waals surface area contributed by atoms with Crippen molar-refractivity contribution in [2.24, 2.45) is 11.3 Å². The standard InChI is InChI=1S/C24H33N5O/c1-17(2)29-14-22(25-16-29)21-13-27(12-20-6-4-5-18(3)26-20)15-24(21)9-10-28(23(24)30)11-19-7-8-19/h4-6,14,16-17,19,21H,7-13,15H2,1-3H3/t21-,24+/m1/s1. The molecule has 0 N–H and O–H groups in total. The van der Waals surface area contributed by atoms with E-state index in [1.165, 1.54) is 12.8 Å². The lowest BCUT2D eigenvalue weighted by Gasteiger charge is -2.28. The van der Waals surface area contributed by atoms with Crippen molar-refractivity contribution in [3.05, 3.63) is 47.8 Å². The molecule has 1 amide bonds. The van der Waals surface area contributed by atoms with Crippen LogP contribution < -0.4 is 0 Å². The number of aromatic nitrogens is 3. The van der Waals surface area contributed by atoms with Gasteiger partial charge in [0.15, 0.2) is 0 Å². The molecule has 3 fully saturated rings. The number of nitrogens with zero attached hydrogens (tertiary/aromatic N) is 5. The minimum Gasteiger partial charge on any atom is -0.342 e. The Morgan fingerprint density at radius 3 is 2.80 bits per heavy atom. The number of rotatable bonds is 6. The highest BCUT2D eigenvalue weighted by Crippen LogP contribution is 2.50. The molecule has 2 atom stereocenters. The minimum atomic E-state index is -0.338. The summed E-state index contributed by atoms with van der Waals surface area (Å²) >= 11 is 0. The first-order valence-electron chi connectivity index (χ1n) is 11.4. The Hall–Kier alpha value is -2.21. The summed E-state index contributed by atoms with van der Waals surface area (Å²) < 4.78 is 2.16. The zero-order valence-electron chi connectivity index (χ0n) is 18.4. The molecule has 0 radical (unpaired) electrons. The van der Waals surface area contributed by atoms with E-state index < -0.39 is 0 Å². The second-order valence-electron chi connectivity index (χ2n) is 9.93. The second kappa shape index (κ2) is 7.49. The Bertz CT molecular complexity index is 933. The molecule has 160 valence electrons. The van der Waals surface area contributed by atoms with Gasteiger partial charge in [-0.25, -0.2) is 4.98 Å². The van der Waals surface area contributed by atoms with E-state index in [1.807, 2.05) is 19.3 Å². The first-order valence-corrected chi connectivity index (χ1v) is 11.4. The van der Waals surface area contributed by atoms with Crippen LogP contribution in [0.1, 0.15) is 62.2 Å². The van der Waals surface area contributed by atoms with E-state index in [4.69, 9.17) is 9.97 Å². The van der Waals surface area contributed by atoms with E-state index in [0.717, 1.165) is 62.1 Å². The van der Waals surface area contributed by atoms with Crippen LogP contribution in [0.2, 0.25) is 0 Å². The van der Waals surface area contributed by atoms with Gasteiger partial charge in [0, 0.05) is 56.6 Å². The van der Waals surface area contributed by atoms with Crippen LogP contribution in [-0.4, -0.2) is 56.4 Å². The second-order valence-corrected chi connectivity index (χ2v) is 9.93. The average molecular weight is 408 g/mol. The highest BCUT2D eigenvalue weighted by atomic mass is 16.2. The Labute approximate surface area is 179 Å². The zero-order chi connectivity index (χ0) is 20.9. The predicted octanol–water partition coefficient (Wildman–Crippen LogP) is 3.40. The molecule has 2 aliphatic heterocycles. The molecule has 30 heavy (non-hydrogen) atoms. The lowest BCUT2D eigenvalue weighted by molar-refractivity contribution is -0.136. The molecule has 6 heteroatoms. The molecule has 2 saturated heterocycles. The third-order valence-electron chi connectivity index (χ3n) is 7.24. The van der Waals surface area contributed by atoms with Gasteiger partial charge < -0.3 is 9.47 Å². The molecular weight excluding hydrogens is 374 g/mol. The van der Waals surface area contributed by atoms with Crippen molar-refractivity contribution in [3.63, 3.8) is 0 Å². The van der Waals surface area contributed by atoms with Gasteiger partial charge in [0.05, 0.1) is 23.1 Å². The van der Waals surface area contributed by atoms with E-state index in [9.17, 15) is 4.79 Å². The maximum absolute atomic E-state index is 13.7. The highest BCUT2D eigenvalue weighted by molar-refractivity contribution is 5.87. The van der Waals surface area contributed by atoms with Gasteiger partial charge in [-0.3, -0.25) is 14.7 Å². The number of imidazole rings is 1. The quantitative estimate of drug-likeness (QED) is 0.737. The molecule has 2 aromatic heterocycles. The van der Waals surface area contributed by atoms with Gasteiger partial charge in [-0.05, 0) is 58.1 Å². The Morgan fingerprint density at radius 1 is 1.27 bits per heavy atom. The number of amides is 1. The molecule has 0 unspecified atom stereocenters. The minimum absolute atomic E-state index is 0.152. The maximum atomic E-state index is 13.7. The van der Waals surface area contributed by atoms with Gasteiger partial charge in [-0.1, -0.05) is 6.07 Å². The van der Waals surface area contributed by atoms with Crippen LogP contribution >= 0.6 is 0 Å². The zero-order valence-corrected chi connectivity index (χ0v) is 18.4. The Kier molecular flexibility index (Phi) is 4.92. The number of hydrogen-bond acceptors (Lipinski definition) is 4. The average Bonchev–Trinajstić information content (AvgIpc) is 3.13. The molecule has 5 rings (SSSR count). The van der Waals surface area contributed by atoms with Gasteiger partial charge in [0.25, 0.3) is 0 Å². The van der Waals surface area contributed by atoms with E-state index in [1.54, 1.807) is 0 Å². The third kappa shape index (κ3) is 3.55. The van der Waals surface area contributed by atoms with E-state index in [2.05, 4.69) is 46.5 Å². The van der Waals surface area contributed by atoms with Crippen molar-refractivity contribution in [1.82, 2.24) is 24.3 Å². The van der Waals surface area contributed by atoms with Gasteiger partial charge in [-0.2, -0.15) is 0 Å². The van der Waals surface area contributed by atoms with Crippen molar-refractivity contribution < 1.29 is 4.79 Å². The van der Waals surface area contributed by atoms with E-state index >= 15 is 0 Å². The van der Waals surface area contributed by atoms with Gasteiger partial charge in [0.1, 0.15) is 0 Å². The summed E-state index contributed by atoms with van der Waals surface area (Å²) in [5.41, 5.74) is 2.86. The van der Waals surface area contributed by atoms with Gasteiger partial charge in [-0.15, -0.1) is 0 Å². The molecular formula is C24H33N5O. The molecule has 1 saturated carbocycles. The number of likely N-dealkylation sites (tertiary alicyclic amines) is 2. The fourth-order valence-corrected chi connectivity index (χ4v) is 5.35. The first kappa shape index (κ1) is 19.7. The lowest BCUT2D eigenvalue weighted by Crippen LogP contribution is -2.40. The molecule has 4 heterocycles. The summed E-state index contributed by atoms with van der Waals surface area (Å²) in [6.07, 6.45) is 7.60. The normalized spacial score (nSPS) is 27.1. The topological polar surface area (TPSA) is 54.3 Å². The molecule has 2 aromatic rings. The van der Waals surface area contributed by atoms with Crippen molar-refractivity contribution in [3.8, 4) is 0 Å². The summed E-state index contributed by atoms with van der Waals surface area (Å²) in [5, 5.41) is 0. The monoisotopic (exact) mass is 407 g/mol.